The van der Waals surface area contributed by atoms with Crippen molar-refractivity contribution >= 4 is 17.0 Å². The molecular weight excluding hydrogens is 443 g/mol. The Morgan fingerprint density at radius 3 is 2.82 bits per heavy atom. The summed E-state index contributed by atoms with van der Waals surface area (Å²) in [6.07, 6.45) is -1.30. The molecule has 9 nitrogen and oxygen atoms in total. The van der Waals surface area contributed by atoms with E-state index in [0.29, 0.717) is 17.6 Å². The molecule has 1 atom stereocenters. The first-order chi connectivity index (χ1) is 15.6. The molecule has 33 heavy (non-hydrogen) atoms. The molecule has 172 valence electrons. The lowest BCUT2D eigenvalue weighted by Crippen LogP contribution is -2.41. The highest BCUT2D eigenvalue weighted by Crippen LogP contribution is 2.37. The van der Waals surface area contributed by atoms with Gasteiger partial charge in [0.25, 0.3) is 12.3 Å². The Hall–Kier alpha value is -3.67. The summed E-state index contributed by atoms with van der Waals surface area (Å²) in [6, 6.07) is 2.83. The molecule has 4 heterocycles. The topological polar surface area (TPSA) is 121 Å². The number of fused-ring (bicyclic) bond motifs is 2. The third-order valence-electron chi connectivity index (χ3n) is 5.36. The molecule has 0 radical (unpaired) electrons. The highest BCUT2D eigenvalue weighted by Gasteiger charge is 2.41. The van der Waals surface area contributed by atoms with Gasteiger partial charge in [0.05, 0.1) is 12.0 Å². The van der Waals surface area contributed by atoms with Crippen LogP contribution in [0.25, 0.3) is 11.1 Å². The Morgan fingerprint density at radius 1 is 1.30 bits per heavy atom. The predicted octanol–water partition coefficient (Wildman–Crippen LogP) is 3.63. The number of hydrogen-bond acceptors (Lipinski definition) is 7. The molecule has 3 aromatic heterocycles. The molecule has 1 aliphatic rings. The zero-order valence-electron chi connectivity index (χ0n) is 17.5. The summed E-state index contributed by atoms with van der Waals surface area (Å²) >= 11 is 0. The van der Waals surface area contributed by atoms with Crippen LogP contribution in [0, 0.1) is 5.82 Å². The number of nitrogens with zero attached hydrogens (tertiary/aromatic N) is 4. The summed E-state index contributed by atoms with van der Waals surface area (Å²) in [5, 5.41) is 10.1. The maximum Gasteiger partial charge on any atom is 0.292 e. The van der Waals surface area contributed by atoms with Crippen molar-refractivity contribution in [2.45, 2.75) is 38.3 Å². The van der Waals surface area contributed by atoms with E-state index in [9.17, 15) is 23.1 Å². The SMILES string of the molecule is CC(C)(O)c1nc(C(F)F)c(C(=O)N2CCc3[nH]cnc3[C@H]2c2nc3ccc(F)cc3o2)o1. The summed E-state index contributed by atoms with van der Waals surface area (Å²) in [5.41, 5.74) is -0.883. The minimum Gasteiger partial charge on any atom is -0.438 e. The molecule has 0 saturated carbocycles. The van der Waals surface area contributed by atoms with Crippen molar-refractivity contribution in [1.82, 2.24) is 24.8 Å². The normalized spacial score (nSPS) is 16.6. The van der Waals surface area contributed by atoms with Crippen LogP contribution in [0.2, 0.25) is 0 Å². The largest absolute Gasteiger partial charge is 0.438 e. The Bertz CT molecular complexity index is 1350. The maximum atomic E-state index is 13.7. The number of nitrogens with one attached hydrogen (secondary N) is 1. The van der Waals surface area contributed by atoms with E-state index in [1.807, 2.05) is 0 Å². The zero-order valence-corrected chi connectivity index (χ0v) is 17.5. The van der Waals surface area contributed by atoms with Crippen LogP contribution in [0.5, 0.6) is 0 Å². The van der Waals surface area contributed by atoms with Crippen molar-refractivity contribution in [3.8, 4) is 0 Å². The van der Waals surface area contributed by atoms with Gasteiger partial charge >= 0.3 is 0 Å². The van der Waals surface area contributed by atoms with Crippen molar-refractivity contribution in [1.29, 1.82) is 0 Å². The smallest absolute Gasteiger partial charge is 0.292 e. The van der Waals surface area contributed by atoms with Gasteiger partial charge in [-0.25, -0.2) is 28.1 Å². The number of oxazole rings is 2. The number of rotatable bonds is 4. The lowest BCUT2D eigenvalue weighted by atomic mass is 10.0. The summed E-state index contributed by atoms with van der Waals surface area (Å²) < 4.78 is 52.1. The molecule has 1 amide bonds. The van der Waals surface area contributed by atoms with Crippen LogP contribution in [0.3, 0.4) is 0 Å². The van der Waals surface area contributed by atoms with E-state index in [4.69, 9.17) is 8.83 Å². The van der Waals surface area contributed by atoms with Crippen LogP contribution in [0.4, 0.5) is 13.2 Å². The number of carbonyl (C=O) groups is 1. The van der Waals surface area contributed by atoms with E-state index in [1.54, 1.807) is 0 Å². The standard InChI is InChI=1S/C21H18F3N5O4/c1-21(2,31)20-28-14(17(23)24)16(33-20)19(30)29-6-5-11-13(26-8-25-11)15(29)18-27-10-4-3-9(22)7-12(10)32-18/h3-4,7-8,15,17,31H,5-6H2,1-2H3,(H,25,26)/t15-/m0/s1. The van der Waals surface area contributed by atoms with Gasteiger partial charge in [-0.15, -0.1) is 0 Å². The number of benzene rings is 1. The molecular formula is C21H18F3N5O4. The van der Waals surface area contributed by atoms with Gasteiger partial charge in [-0.1, -0.05) is 0 Å². The van der Waals surface area contributed by atoms with Gasteiger partial charge in [-0.3, -0.25) is 4.79 Å². The first-order valence-electron chi connectivity index (χ1n) is 10.0. The van der Waals surface area contributed by atoms with Gasteiger partial charge in [0.2, 0.25) is 17.5 Å². The Morgan fingerprint density at radius 2 is 2.09 bits per heavy atom. The van der Waals surface area contributed by atoms with Gasteiger partial charge in [-0.05, 0) is 26.0 Å². The summed E-state index contributed by atoms with van der Waals surface area (Å²) in [5.74, 6) is -2.47. The molecule has 12 heteroatoms. The number of alkyl halides is 2. The van der Waals surface area contributed by atoms with Crippen LogP contribution in [-0.2, 0) is 12.0 Å². The molecule has 1 aromatic carbocycles. The van der Waals surface area contributed by atoms with E-state index in [1.165, 1.54) is 37.2 Å². The van der Waals surface area contributed by atoms with E-state index in [-0.39, 0.29) is 18.0 Å². The molecule has 0 aliphatic carbocycles. The number of aromatic amines is 1. The van der Waals surface area contributed by atoms with Gasteiger partial charge in [-0.2, -0.15) is 0 Å². The minimum atomic E-state index is -3.11. The van der Waals surface area contributed by atoms with Crippen LogP contribution in [-0.4, -0.2) is 42.4 Å². The van der Waals surface area contributed by atoms with Crippen LogP contribution >= 0.6 is 0 Å². The molecule has 0 bridgehead atoms. The number of imidazole rings is 1. The second kappa shape index (κ2) is 7.44. The van der Waals surface area contributed by atoms with Gasteiger partial charge in [0, 0.05) is 24.7 Å². The lowest BCUT2D eigenvalue weighted by molar-refractivity contribution is 0.0436. The molecule has 5 rings (SSSR count). The highest BCUT2D eigenvalue weighted by molar-refractivity contribution is 5.93. The quantitative estimate of drug-likeness (QED) is 0.476. The minimum absolute atomic E-state index is 0.0397. The lowest BCUT2D eigenvalue weighted by Gasteiger charge is -2.32. The average Bonchev–Trinajstić information content (AvgIpc) is 3.48. The Labute approximate surface area is 184 Å². The van der Waals surface area contributed by atoms with Gasteiger partial charge in [0.15, 0.2) is 17.3 Å². The van der Waals surface area contributed by atoms with Crippen molar-refractivity contribution in [2.75, 3.05) is 6.54 Å². The monoisotopic (exact) mass is 461 g/mol. The van der Waals surface area contributed by atoms with E-state index >= 15 is 0 Å². The molecule has 0 spiro atoms. The van der Waals surface area contributed by atoms with Crippen LogP contribution < -0.4 is 0 Å². The van der Waals surface area contributed by atoms with Crippen molar-refractivity contribution in [3.63, 3.8) is 0 Å². The maximum absolute atomic E-state index is 13.7. The third kappa shape index (κ3) is 3.55. The Kier molecular flexibility index (Phi) is 4.78. The molecule has 0 unspecified atom stereocenters. The summed E-state index contributed by atoms with van der Waals surface area (Å²) in [6.45, 7) is 2.71. The number of aromatic nitrogens is 4. The van der Waals surface area contributed by atoms with E-state index < -0.39 is 47.1 Å². The fraction of sp³-hybridized carbons (Fsp3) is 0.333. The molecule has 0 fully saturated rings. The van der Waals surface area contributed by atoms with E-state index in [2.05, 4.69) is 19.9 Å². The number of H-pyrrole nitrogens is 1. The first kappa shape index (κ1) is 21.2. The van der Waals surface area contributed by atoms with Gasteiger partial charge in [0.1, 0.15) is 16.9 Å². The van der Waals surface area contributed by atoms with Crippen molar-refractivity contribution in [3.05, 3.63) is 65.0 Å². The molecule has 1 aliphatic heterocycles. The fourth-order valence-electron chi connectivity index (χ4n) is 3.80. The first-order valence-corrected chi connectivity index (χ1v) is 10.0. The number of halogens is 3. The highest BCUT2D eigenvalue weighted by atomic mass is 19.3. The average molecular weight is 461 g/mol. The fourth-order valence-corrected chi connectivity index (χ4v) is 3.80. The predicted molar refractivity (Wildman–Crippen MR) is 106 cm³/mol. The van der Waals surface area contributed by atoms with Crippen molar-refractivity contribution in [2.24, 2.45) is 0 Å². The summed E-state index contributed by atoms with van der Waals surface area (Å²) in [4.78, 5) is 30.0. The Balaban J connectivity index is 1.62. The number of aliphatic hydroxyl groups is 1. The number of carbonyl (C=O) groups excluding carboxylic acids is 1. The molecule has 4 aromatic rings. The molecule has 2 N–H and O–H groups in total. The number of amides is 1. The second-order valence-electron chi connectivity index (χ2n) is 8.17. The molecule has 0 saturated heterocycles. The van der Waals surface area contributed by atoms with Gasteiger partial charge < -0.3 is 23.8 Å². The van der Waals surface area contributed by atoms with Crippen LogP contribution in [0.1, 0.15) is 65.7 Å². The number of hydrogen-bond donors (Lipinski definition) is 2. The van der Waals surface area contributed by atoms with Crippen molar-refractivity contribution < 1.29 is 31.9 Å². The summed E-state index contributed by atoms with van der Waals surface area (Å²) in [7, 11) is 0. The second-order valence-corrected chi connectivity index (χ2v) is 8.17. The third-order valence-corrected chi connectivity index (χ3v) is 5.36. The van der Waals surface area contributed by atoms with E-state index in [0.717, 1.165) is 11.8 Å². The van der Waals surface area contributed by atoms with Crippen LogP contribution in [0.15, 0.2) is 33.4 Å². The zero-order chi connectivity index (χ0) is 23.5.